The Kier molecular flexibility index (Phi) is 7.20. The van der Waals surface area contributed by atoms with Crippen LogP contribution in [0.15, 0.2) is 18.2 Å². The summed E-state index contributed by atoms with van der Waals surface area (Å²) in [5.74, 6) is 5.12. The maximum atomic E-state index is 13.7. The summed E-state index contributed by atoms with van der Waals surface area (Å²) < 4.78 is 19.0. The molecular formula is C13H20ClFN2O. The predicted molar refractivity (Wildman–Crippen MR) is 72.0 cm³/mol. The minimum Gasteiger partial charge on any atom is -0.382 e. The summed E-state index contributed by atoms with van der Waals surface area (Å²) in [5.41, 5.74) is 3.29. The second-order valence-corrected chi connectivity index (χ2v) is 4.53. The molecule has 0 radical (unpaired) electrons. The van der Waals surface area contributed by atoms with Gasteiger partial charge in [0.2, 0.25) is 0 Å². The van der Waals surface area contributed by atoms with Gasteiger partial charge in [0.15, 0.2) is 0 Å². The van der Waals surface area contributed by atoms with Gasteiger partial charge in [0.25, 0.3) is 0 Å². The van der Waals surface area contributed by atoms with E-state index >= 15 is 0 Å². The lowest BCUT2D eigenvalue weighted by molar-refractivity contribution is 0.140. The van der Waals surface area contributed by atoms with Crippen LogP contribution < -0.4 is 11.3 Å². The van der Waals surface area contributed by atoms with Gasteiger partial charge in [0.05, 0.1) is 5.02 Å². The fourth-order valence-electron chi connectivity index (χ4n) is 1.79. The van der Waals surface area contributed by atoms with Crippen molar-refractivity contribution in [2.45, 2.75) is 32.2 Å². The van der Waals surface area contributed by atoms with Crippen LogP contribution in [-0.4, -0.2) is 19.3 Å². The second-order valence-electron chi connectivity index (χ2n) is 4.12. The van der Waals surface area contributed by atoms with Crippen LogP contribution in [0.5, 0.6) is 0 Å². The fraction of sp³-hybridized carbons (Fsp3) is 0.538. The van der Waals surface area contributed by atoms with E-state index in [1.54, 1.807) is 18.2 Å². The summed E-state index contributed by atoms with van der Waals surface area (Å²) in [5, 5.41) is 0.151. The molecule has 0 aromatic heterocycles. The van der Waals surface area contributed by atoms with Gasteiger partial charge in [-0.1, -0.05) is 23.7 Å². The number of benzene rings is 1. The SMILES string of the molecule is CCOCCCC(Cc1cccc(Cl)c1F)NN. The minimum absolute atomic E-state index is 0.0263. The number of nitrogens with one attached hydrogen (secondary N) is 1. The van der Waals surface area contributed by atoms with E-state index in [1.165, 1.54) is 0 Å². The molecule has 1 rings (SSSR count). The molecule has 0 heterocycles. The van der Waals surface area contributed by atoms with Crippen molar-refractivity contribution in [2.75, 3.05) is 13.2 Å². The summed E-state index contributed by atoms with van der Waals surface area (Å²) in [4.78, 5) is 0. The molecule has 1 aromatic carbocycles. The first-order valence-electron chi connectivity index (χ1n) is 6.15. The van der Waals surface area contributed by atoms with E-state index < -0.39 is 0 Å². The highest BCUT2D eigenvalue weighted by Gasteiger charge is 2.12. The van der Waals surface area contributed by atoms with Crippen LogP contribution in [0.25, 0.3) is 0 Å². The normalized spacial score (nSPS) is 12.7. The molecule has 18 heavy (non-hydrogen) atoms. The number of nitrogens with two attached hydrogens (primary N) is 1. The van der Waals surface area contributed by atoms with Crippen molar-refractivity contribution < 1.29 is 9.13 Å². The number of halogens is 2. The van der Waals surface area contributed by atoms with E-state index in [0.29, 0.717) is 25.2 Å². The highest BCUT2D eigenvalue weighted by atomic mass is 35.5. The molecule has 0 amide bonds. The van der Waals surface area contributed by atoms with Gasteiger partial charge < -0.3 is 4.74 Å². The Morgan fingerprint density at radius 1 is 1.50 bits per heavy atom. The standard InChI is InChI=1S/C13H20ClFN2O/c1-2-18-8-4-6-11(17-16)9-10-5-3-7-12(14)13(10)15/h3,5,7,11,17H,2,4,6,8-9,16H2,1H3. The van der Waals surface area contributed by atoms with Gasteiger partial charge in [0.1, 0.15) is 5.82 Å². The van der Waals surface area contributed by atoms with Crippen LogP contribution in [0.4, 0.5) is 4.39 Å². The van der Waals surface area contributed by atoms with Crippen molar-refractivity contribution in [1.82, 2.24) is 5.43 Å². The minimum atomic E-state index is -0.357. The highest BCUT2D eigenvalue weighted by Crippen LogP contribution is 2.19. The zero-order valence-electron chi connectivity index (χ0n) is 10.6. The Labute approximate surface area is 112 Å². The molecule has 3 nitrogen and oxygen atoms in total. The van der Waals surface area contributed by atoms with Crippen LogP contribution in [-0.2, 0) is 11.2 Å². The smallest absolute Gasteiger partial charge is 0.145 e. The third-order valence-electron chi connectivity index (χ3n) is 2.78. The van der Waals surface area contributed by atoms with E-state index in [2.05, 4.69) is 5.43 Å². The molecule has 0 bridgehead atoms. The number of ether oxygens (including phenoxy) is 1. The number of hydrazine groups is 1. The largest absolute Gasteiger partial charge is 0.382 e. The molecular weight excluding hydrogens is 255 g/mol. The van der Waals surface area contributed by atoms with Gasteiger partial charge in [-0.3, -0.25) is 11.3 Å². The molecule has 0 aliphatic heterocycles. The molecule has 0 fully saturated rings. The quantitative estimate of drug-likeness (QED) is 0.435. The maximum absolute atomic E-state index is 13.7. The lowest BCUT2D eigenvalue weighted by Crippen LogP contribution is -2.37. The number of rotatable bonds is 8. The van der Waals surface area contributed by atoms with E-state index in [9.17, 15) is 4.39 Å². The van der Waals surface area contributed by atoms with Crippen molar-refractivity contribution in [2.24, 2.45) is 5.84 Å². The lowest BCUT2D eigenvalue weighted by atomic mass is 10.0. The van der Waals surface area contributed by atoms with Crippen LogP contribution in [0.3, 0.4) is 0 Å². The first kappa shape index (κ1) is 15.4. The third-order valence-corrected chi connectivity index (χ3v) is 3.07. The molecule has 0 aliphatic carbocycles. The molecule has 5 heteroatoms. The maximum Gasteiger partial charge on any atom is 0.145 e. The molecule has 0 aliphatic rings. The fourth-order valence-corrected chi connectivity index (χ4v) is 1.99. The van der Waals surface area contributed by atoms with E-state index in [-0.39, 0.29) is 16.9 Å². The zero-order valence-corrected chi connectivity index (χ0v) is 11.3. The molecule has 0 saturated heterocycles. The summed E-state index contributed by atoms with van der Waals surface area (Å²) in [7, 11) is 0. The Morgan fingerprint density at radius 3 is 2.94 bits per heavy atom. The first-order valence-corrected chi connectivity index (χ1v) is 6.53. The lowest BCUT2D eigenvalue weighted by Gasteiger charge is -2.16. The van der Waals surface area contributed by atoms with Gasteiger partial charge in [-0.05, 0) is 37.8 Å². The predicted octanol–water partition coefficient (Wildman–Crippen LogP) is 2.67. The van der Waals surface area contributed by atoms with E-state index in [0.717, 1.165) is 12.8 Å². The summed E-state index contributed by atoms with van der Waals surface area (Å²) in [6, 6.07) is 5.04. The average Bonchev–Trinajstić information content (AvgIpc) is 2.38. The van der Waals surface area contributed by atoms with Crippen molar-refractivity contribution in [3.05, 3.63) is 34.6 Å². The molecule has 0 spiro atoms. The van der Waals surface area contributed by atoms with Gasteiger partial charge in [0, 0.05) is 19.3 Å². The van der Waals surface area contributed by atoms with E-state index in [1.807, 2.05) is 6.92 Å². The second kappa shape index (κ2) is 8.43. The van der Waals surface area contributed by atoms with Gasteiger partial charge >= 0.3 is 0 Å². The van der Waals surface area contributed by atoms with Crippen molar-refractivity contribution in [1.29, 1.82) is 0 Å². The molecule has 102 valence electrons. The van der Waals surface area contributed by atoms with Gasteiger partial charge in [-0.2, -0.15) is 0 Å². The monoisotopic (exact) mass is 274 g/mol. The van der Waals surface area contributed by atoms with Crippen LogP contribution in [0.1, 0.15) is 25.3 Å². The molecule has 1 aromatic rings. The topological polar surface area (TPSA) is 47.3 Å². The van der Waals surface area contributed by atoms with Crippen molar-refractivity contribution in [3.8, 4) is 0 Å². The third kappa shape index (κ3) is 4.90. The van der Waals surface area contributed by atoms with Crippen LogP contribution >= 0.6 is 11.6 Å². The summed E-state index contributed by atoms with van der Waals surface area (Å²) in [6.07, 6.45) is 2.25. The van der Waals surface area contributed by atoms with E-state index in [4.69, 9.17) is 22.2 Å². The Balaban J connectivity index is 2.49. The van der Waals surface area contributed by atoms with Crippen molar-refractivity contribution >= 4 is 11.6 Å². The van der Waals surface area contributed by atoms with Gasteiger partial charge in [-0.15, -0.1) is 0 Å². The Bertz CT molecular complexity index is 363. The van der Waals surface area contributed by atoms with Crippen LogP contribution in [0.2, 0.25) is 5.02 Å². The molecule has 3 N–H and O–H groups in total. The molecule has 1 unspecified atom stereocenters. The summed E-state index contributed by atoms with van der Waals surface area (Å²) in [6.45, 7) is 3.37. The first-order chi connectivity index (χ1) is 8.69. The van der Waals surface area contributed by atoms with Gasteiger partial charge in [-0.25, -0.2) is 4.39 Å². The molecule has 0 saturated carbocycles. The van der Waals surface area contributed by atoms with Crippen molar-refractivity contribution in [3.63, 3.8) is 0 Å². The zero-order chi connectivity index (χ0) is 13.4. The highest BCUT2D eigenvalue weighted by molar-refractivity contribution is 6.30. The average molecular weight is 275 g/mol. The van der Waals surface area contributed by atoms with Crippen LogP contribution in [0, 0.1) is 5.82 Å². The number of hydrogen-bond donors (Lipinski definition) is 2. The Morgan fingerprint density at radius 2 is 2.28 bits per heavy atom. The molecule has 1 atom stereocenters. The summed E-state index contributed by atoms with van der Waals surface area (Å²) >= 11 is 5.74. The Hall–Kier alpha value is -0.680. The number of hydrogen-bond acceptors (Lipinski definition) is 3.